The maximum absolute atomic E-state index is 13.7. The Morgan fingerprint density at radius 3 is 2.58 bits per heavy atom. The fourth-order valence-corrected chi connectivity index (χ4v) is 3.29. The minimum atomic E-state index is -0.491. The van der Waals surface area contributed by atoms with Crippen LogP contribution in [0.2, 0.25) is 0 Å². The number of hydrogen-bond donors (Lipinski definition) is 1. The summed E-state index contributed by atoms with van der Waals surface area (Å²) in [7, 11) is 0. The van der Waals surface area contributed by atoms with Crippen LogP contribution >= 0.6 is 0 Å². The lowest BCUT2D eigenvalue weighted by molar-refractivity contribution is -0.385. The van der Waals surface area contributed by atoms with Crippen LogP contribution in [0.3, 0.4) is 0 Å². The average molecular weight is 444 g/mol. The molecule has 0 bridgehead atoms. The van der Waals surface area contributed by atoms with Gasteiger partial charge in [-0.2, -0.15) is 0 Å². The van der Waals surface area contributed by atoms with Gasteiger partial charge < -0.3 is 10.2 Å². The third kappa shape index (κ3) is 5.85. The SMILES string of the molecule is O=[N+]([O-])c1ccc(NCCN(Cc2cccc(F)c2)c2nccc(-c3ccccc3)n2)nc1. The van der Waals surface area contributed by atoms with Gasteiger partial charge in [0, 0.05) is 37.5 Å². The van der Waals surface area contributed by atoms with Crippen LogP contribution in [0, 0.1) is 15.9 Å². The molecule has 0 saturated heterocycles. The minimum Gasteiger partial charge on any atom is -0.368 e. The normalized spacial score (nSPS) is 10.6. The highest BCUT2D eigenvalue weighted by Crippen LogP contribution is 2.20. The van der Waals surface area contributed by atoms with Gasteiger partial charge in [0.05, 0.1) is 10.6 Å². The summed E-state index contributed by atoms with van der Waals surface area (Å²) in [6.07, 6.45) is 2.91. The van der Waals surface area contributed by atoms with Crippen molar-refractivity contribution in [3.05, 3.63) is 107 Å². The van der Waals surface area contributed by atoms with E-state index in [0.717, 1.165) is 16.8 Å². The van der Waals surface area contributed by atoms with Crippen LogP contribution in [0.1, 0.15) is 5.56 Å². The molecule has 9 heteroatoms. The minimum absolute atomic E-state index is 0.0700. The molecule has 0 aliphatic heterocycles. The number of aromatic nitrogens is 3. The molecule has 0 radical (unpaired) electrons. The van der Waals surface area contributed by atoms with Crippen LogP contribution in [0.25, 0.3) is 11.3 Å². The maximum Gasteiger partial charge on any atom is 0.287 e. The van der Waals surface area contributed by atoms with E-state index in [-0.39, 0.29) is 11.5 Å². The second-order valence-corrected chi connectivity index (χ2v) is 7.24. The molecule has 0 saturated carbocycles. The highest BCUT2D eigenvalue weighted by atomic mass is 19.1. The van der Waals surface area contributed by atoms with Crippen molar-refractivity contribution in [1.82, 2.24) is 15.0 Å². The van der Waals surface area contributed by atoms with Gasteiger partial charge in [-0.1, -0.05) is 42.5 Å². The maximum atomic E-state index is 13.7. The molecule has 0 aliphatic carbocycles. The van der Waals surface area contributed by atoms with Crippen molar-refractivity contribution in [3.63, 3.8) is 0 Å². The Hall–Kier alpha value is -4.40. The van der Waals surface area contributed by atoms with Crippen LogP contribution in [0.15, 0.2) is 85.2 Å². The van der Waals surface area contributed by atoms with Gasteiger partial charge in [0.1, 0.15) is 17.8 Å². The fourth-order valence-electron chi connectivity index (χ4n) is 3.29. The number of nitrogens with one attached hydrogen (secondary N) is 1. The van der Waals surface area contributed by atoms with Crippen molar-refractivity contribution in [3.8, 4) is 11.3 Å². The highest BCUT2D eigenvalue weighted by molar-refractivity contribution is 5.60. The molecule has 0 atom stereocenters. The van der Waals surface area contributed by atoms with Crippen molar-refractivity contribution in [2.45, 2.75) is 6.54 Å². The second-order valence-electron chi connectivity index (χ2n) is 7.24. The van der Waals surface area contributed by atoms with Gasteiger partial charge in [-0.25, -0.2) is 19.3 Å². The first-order valence-corrected chi connectivity index (χ1v) is 10.3. The van der Waals surface area contributed by atoms with Crippen LogP contribution in [-0.4, -0.2) is 33.0 Å². The van der Waals surface area contributed by atoms with E-state index in [4.69, 9.17) is 4.98 Å². The molecule has 8 nitrogen and oxygen atoms in total. The van der Waals surface area contributed by atoms with Crippen LogP contribution in [0.5, 0.6) is 0 Å². The first kappa shape index (κ1) is 21.8. The lowest BCUT2D eigenvalue weighted by atomic mass is 10.1. The molecule has 4 aromatic rings. The Balaban J connectivity index is 1.52. The predicted molar refractivity (Wildman–Crippen MR) is 124 cm³/mol. The highest BCUT2D eigenvalue weighted by Gasteiger charge is 2.13. The summed E-state index contributed by atoms with van der Waals surface area (Å²) >= 11 is 0. The quantitative estimate of drug-likeness (QED) is 0.295. The lowest BCUT2D eigenvalue weighted by Gasteiger charge is -2.23. The van der Waals surface area contributed by atoms with E-state index in [2.05, 4.69) is 15.3 Å². The van der Waals surface area contributed by atoms with Gasteiger partial charge in [-0.05, 0) is 29.8 Å². The molecule has 2 heterocycles. The Kier molecular flexibility index (Phi) is 6.79. The molecular weight excluding hydrogens is 423 g/mol. The molecule has 0 fully saturated rings. The Labute approximate surface area is 189 Å². The van der Waals surface area contributed by atoms with E-state index in [1.54, 1.807) is 18.3 Å². The third-order valence-electron chi connectivity index (χ3n) is 4.90. The van der Waals surface area contributed by atoms with Gasteiger partial charge in [-0.15, -0.1) is 0 Å². The largest absolute Gasteiger partial charge is 0.368 e. The molecule has 2 aromatic carbocycles. The summed E-state index contributed by atoms with van der Waals surface area (Å²) in [5, 5.41) is 13.9. The number of rotatable bonds is 9. The van der Waals surface area contributed by atoms with Gasteiger partial charge in [0.15, 0.2) is 0 Å². The number of benzene rings is 2. The van der Waals surface area contributed by atoms with Crippen LogP contribution in [-0.2, 0) is 6.54 Å². The third-order valence-corrected chi connectivity index (χ3v) is 4.90. The molecule has 166 valence electrons. The molecule has 0 amide bonds. The molecule has 1 N–H and O–H groups in total. The van der Waals surface area contributed by atoms with E-state index in [9.17, 15) is 14.5 Å². The number of hydrogen-bond acceptors (Lipinski definition) is 7. The van der Waals surface area contributed by atoms with Gasteiger partial charge in [0.25, 0.3) is 5.69 Å². The number of nitrogens with zero attached hydrogens (tertiary/aromatic N) is 5. The first-order chi connectivity index (χ1) is 16.1. The monoisotopic (exact) mass is 444 g/mol. The number of anilines is 2. The van der Waals surface area contributed by atoms with Crippen molar-refractivity contribution < 1.29 is 9.31 Å². The predicted octanol–water partition coefficient (Wildman–Crippen LogP) is 4.70. The van der Waals surface area contributed by atoms with Crippen molar-refractivity contribution in [2.75, 3.05) is 23.3 Å². The zero-order chi connectivity index (χ0) is 23.0. The van der Waals surface area contributed by atoms with Gasteiger partial charge >= 0.3 is 0 Å². The Bertz CT molecular complexity index is 1220. The van der Waals surface area contributed by atoms with Crippen LogP contribution < -0.4 is 10.2 Å². The molecule has 0 spiro atoms. The van der Waals surface area contributed by atoms with Crippen molar-refractivity contribution in [2.24, 2.45) is 0 Å². The van der Waals surface area contributed by atoms with E-state index < -0.39 is 4.92 Å². The van der Waals surface area contributed by atoms with Gasteiger partial charge in [0.2, 0.25) is 5.95 Å². The summed E-state index contributed by atoms with van der Waals surface area (Å²) in [5.74, 6) is 0.726. The zero-order valence-corrected chi connectivity index (χ0v) is 17.6. The standard InChI is InChI=1S/C24H21FN6O2/c25-20-8-4-5-18(15-20)17-30(14-13-26-23-10-9-21(16-28-23)31(32)33)24-27-12-11-22(29-24)19-6-2-1-3-7-19/h1-12,15-16H,13-14,17H2,(H,26,28). The number of nitro groups is 1. The first-order valence-electron chi connectivity index (χ1n) is 10.3. The molecule has 2 aromatic heterocycles. The molecule has 0 unspecified atom stereocenters. The van der Waals surface area contributed by atoms with E-state index >= 15 is 0 Å². The smallest absolute Gasteiger partial charge is 0.287 e. The van der Waals surface area contributed by atoms with E-state index in [1.807, 2.05) is 47.4 Å². The summed E-state index contributed by atoms with van der Waals surface area (Å²) in [6.45, 7) is 1.37. The Morgan fingerprint density at radius 1 is 1.00 bits per heavy atom. The van der Waals surface area contributed by atoms with E-state index in [1.165, 1.54) is 24.4 Å². The van der Waals surface area contributed by atoms with E-state index in [0.29, 0.717) is 31.4 Å². The van der Waals surface area contributed by atoms with Crippen LogP contribution in [0.4, 0.5) is 21.8 Å². The van der Waals surface area contributed by atoms with Crippen molar-refractivity contribution in [1.29, 1.82) is 0 Å². The fraction of sp³-hybridized carbons (Fsp3) is 0.125. The molecular formula is C24H21FN6O2. The zero-order valence-electron chi connectivity index (χ0n) is 17.6. The summed E-state index contributed by atoms with van der Waals surface area (Å²) in [5.41, 5.74) is 2.48. The molecule has 0 aliphatic rings. The number of pyridine rings is 1. The second kappa shape index (κ2) is 10.3. The number of halogens is 1. The summed E-state index contributed by atoms with van der Waals surface area (Å²) < 4.78 is 13.7. The lowest BCUT2D eigenvalue weighted by Crippen LogP contribution is -2.30. The summed E-state index contributed by atoms with van der Waals surface area (Å²) in [6, 6.07) is 21.0. The summed E-state index contributed by atoms with van der Waals surface area (Å²) in [4.78, 5) is 25.5. The topological polar surface area (TPSA) is 97.1 Å². The molecule has 4 rings (SSSR count). The average Bonchev–Trinajstić information content (AvgIpc) is 2.84. The van der Waals surface area contributed by atoms with Crippen molar-refractivity contribution >= 4 is 17.5 Å². The Morgan fingerprint density at radius 2 is 1.85 bits per heavy atom. The van der Waals surface area contributed by atoms with Gasteiger partial charge in [-0.3, -0.25) is 10.1 Å². The molecule has 33 heavy (non-hydrogen) atoms.